The van der Waals surface area contributed by atoms with Gasteiger partial charge in [0.05, 0.1) is 19.8 Å². The number of hydrogen-bond acceptors (Lipinski definition) is 5. The lowest BCUT2D eigenvalue weighted by Gasteiger charge is -2.10. The molecule has 2 aromatic rings. The van der Waals surface area contributed by atoms with Crippen molar-refractivity contribution in [2.24, 2.45) is 0 Å². The van der Waals surface area contributed by atoms with E-state index in [4.69, 9.17) is 11.6 Å². The third-order valence-corrected chi connectivity index (χ3v) is 2.73. The van der Waals surface area contributed by atoms with Gasteiger partial charge < -0.3 is 9.84 Å². The summed E-state index contributed by atoms with van der Waals surface area (Å²) < 4.78 is 5.87. The normalized spacial score (nSPS) is 12.2. The highest BCUT2D eigenvalue weighted by Gasteiger charge is 2.14. The Kier molecular flexibility index (Phi) is 4.13. The molecule has 1 aromatic heterocycles. The first-order valence-corrected chi connectivity index (χ1v) is 5.89. The van der Waals surface area contributed by atoms with E-state index in [2.05, 4.69) is 14.8 Å². The van der Waals surface area contributed by atoms with Crippen LogP contribution in [-0.4, -0.2) is 33.0 Å². The van der Waals surface area contributed by atoms with Crippen LogP contribution in [0.2, 0.25) is 5.02 Å². The molecule has 1 N–H and O–H groups in total. The minimum Gasteiger partial charge on any atom is -0.463 e. The van der Waals surface area contributed by atoms with Crippen molar-refractivity contribution in [2.45, 2.75) is 12.6 Å². The predicted molar refractivity (Wildman–Crippen MR) is 67.8 cm³/mol. The van der Waals surface area contributed by atoms with Gasteiger partial charge in [-0.25, -0.2) is 14.5 Å². The highest BCUT2D eigenvalue weighted by Crippen LogP contribution is 2.18. The molecule has 0 saturated heterocycles. The fourth-order valence-corrected chi connectivity index (χ4v) is 1.76. The lowest BCUT2D eigenvalue weighted by Crippen LogP contribution is -2.11. The van der Waals surface area contributed by atoms with E-state index in [0.29, 0.717) is 10.6 Å². The third kappa shape index (κ3) is 3.30. The first-order chi connectivity index (χ1) is 9.10. The largest absolute Gasteiger partial charge is 0.463 e. The molecular formula is C12H12ClN3O3. The number of aliphatic hydroxyl groups is 1. The molecule has 0 fully saturated rings. The first-order valence-electron chi connectivity index (χ1n) is 5.51. The number of aliphatic hydroxyl groups excluding tert-OH is 1. The Hall–Kier alpha value is -1.92. The number of ether oxygens (including phenoxy) is 1. The summed E-state index contributed by atoms with van der Waals surface area (Å²) in [6, 6.07) is 6.91. The maximum atomic E-state index is 11.2. The Labute approximate surface area is 114 Å². The molecule has 19 heavy (non-hydrogen) atoms. The second kappa shape index (κ2) is 5.81. The van der Waals surface area contributed by atoms with E-state index in [1.165, 1.54) is 18.1 Å². The molecular weight excluding hydrogens is 270 g/mol. The zero-order chi connectivity index (χ0) is 13.8. The zero-order valence-electron chi connectivity index (χ0n) is 10.2. The molecule has 1 atom stereocenters. The molecule has 2 rings (SSSR count). The number of benzene rings is 1. The predicted octanol–water partition coefficient (Wildman–Crippen LogP) is 1.45. The number of rotatable bonds is 4. The minimum atomic E-state index is -0.786. The second-order valence-electron chi connectivity index (χ2n) is 3.85. The summed E-state index contributed by atoms with van der Waals surface area (Å²) in [4.78, 5) is 15.0. The van der Waals surface area contributed by atoms with E-state index in [1.807, 2.05) is 0 Å². The Bertz CT molecular complexity index is 585. The molecule has 0 spiro atoms. The molecule has 7 heteroatoms. The summed E-state index contributed by atoms with van der Waals surface area (Å²) in [7, 11) is 1.25. The smallest absolute Gasteiger partial charge is 0.377 e. The quantitative estimate of drug-likeness (QED) is 0.858. The van der Waals surface area contributed by atoms with Gasteiger partial charge in [0.25, 0.3) is 5.82 Å². The van der Waals surface area contributed by atoms with Crippen molar-refractivity contribution in [3.63, 3.8) is 0 Å². The molecule has 6 nitrogen and oxygen atoms in total. The molecule has 0 bridgehead atoms. The minimum absolute atomic E-state index is 0.0409. The Balaban J connectivity index is 2.08. The maximum absolute atomic E-state index is 11.2. The Morgan fingerprint density at radius 1 is 1.58 bits per heavy atom. The standard InChI is InChI=1S/C12H12ClN3O3/c1-19-12(18)11-14-7-16(15-11)6-10(17)8-3-2-4-9(13)5-8/h2-5,7,10,17H,6H2,1H3/t10-/m0/s1. The van der Waals surface area contributed by atoms with Crippen LogP contribution in [0.3, 0.4) is 0 Å². The number of aromatic nitrogens is 3. The van der Waals surface area contributed by atoms with Gasteiger partial charge in [-0.05, 0) is 17.7 Å². The summed E-state index contributed by atoms with van der Waals surface area (Å²) >= 11 is 5.85. The average molecular weight is 282 g/mol. The van der Waals surface area contributed by atoms with Crippen LogP contribution in [0.4, 0.5) is 0 Å². The SMILES string of the molecule is COC(=O)c1ncn(C[C@H](O)c2cccc(Cl)c2)n1. The average Bonchev–Trinajstić information content (AvgIpc) is 2.86. The zero-order valence-corrected chi connectivity index (χ0v) is 10.9. The molecule has 0 radical (unpaired) electrons. The van der Waals surface area contributed by atoms with Gasteiger partial charge in [-0.3, -0.25) is 0 Å². The molecule has 1 heterocycles. The number of halogens is 1. The molecule has 0 aliphatic carbocycles. The van der Waals surface area contributed by atoms with Crippen molar-refractivity contribution >= 4 is 17.6 Å². The van der Waals surface area contributed by atoms with E-state index >= 15 is 0 Å². The number of esters is 1. The summed E-state index contributed by atoms with van der Waals surface area (Å²) in [5.74, 6) is -0.656. The number of methoxy groups -OCH3 is 1. The van der Waals surface area contributed by atoms with Crippen LogP contribution in [0, 0.1) is 0 Å². The van der Waals surface area contributed by atoms with E-state index in [1.54, 1.807) is 24.3 Å². The fourth-order valence-electron chi connectivity index (χ4n) is 1.56. The van der Waals surface area contributed by atoms with Crippen LogP contribution in [0.25, 0.3) is 0 Å². The molecule has 100 valence electrons. The van der Waals surface area contributed by atoms with Gasteiger partial charge in [0, 0.05) is 5.02 Å². The van der Waals surface area contributed by atoms with Crippen LogP contribution in [0.1, 0.15) is 22.3 Å². The van der Waals surface area contributed by atoms with Crippen LogP contribution < -0.4 is 0 Å². The maximum Gasteiger partial charge on any atom is 0.377 e. The van der Waals surface area contributed by atoms with Crippen molar-refractivity contribution in [2.75, 3.05) is 7.11 Å². The highest BCUT2D eigenvalue weighted by atomic mass is 35.5. The number of nitrogens with zero attached hydrogens (tertiary/aromatic N) is 3. The molecule has 0 amide bonds. The van der Waals surface area contributed by atoms with Gasteiger partial charge >= 0.3 is 5.97 Å². The van der Waals surface area contributed by atoms with Crippen LogP contribution in [0.5, 0.6) is 0 Å². The van der Waals surface area contributed by atoms with E-state index < -0.39 is 12.1 Å². The molecule has 0 aliphatic heterocycles. The monoisotopic (exact) mass is 281 g/mol. The summed E-state index contributed by atoms with van der Waals surface area (Å²) in [5, 5.41) is 14.5. The molecule has 0 saturated carbocycles. The van der Waals surface area contributed by atoms with Gasteiger partial charge in [-0.1, -0.05) is 23.7 Å². The fraction of sp³-hybridized carbons (Fsp3) is 0.250. The van der Waals surface area contributed by atoms with Crippen LogP contribution in [0.15, 0.2) is 30.6 Å². The summed E-state index contributed by atoms with van der Waals surface area (Å²) in [6.45, 7) is 0.171. The van der Waals surface area contributed by atoms with Gasteiger partial charge in [-0.15, -0.1) is 5.10 Å². The Morgan fingerprint density at radius 2 is 2.37 bits per heavy atom. The van der Waals surface area contributed by atoms with Gasteiger partial charge in [0.1, 0.15) is 6.33 Å². The molecule has 0 aliphatic rings. The highest BCUT2D eigenvalue weighted by molar-refractivity contribution is 6.30. The summed E-state index contributed by atoms with van der Waals surface area (Å²) in [6.07, 6.45) is 0.575. The van der Waals surface area contributed by atoms with Crippen molar-refractivity contribution < 1.29 is 14.6 Å². The van der Waals surface area contributed by atoms with Crippen LogP contribution in [-0.2, 0) is 11.3 Å². The van der Waals surface area contributed by atoms with Crippen molar-refractivity contribution in [1.29, 1.82) is 0 Å². The van der Waals surface area contributed by atoms with Crippen molar-refractivity contribution in [3.8, 4) is 0 Å². The van der Waals surface area contributed by atoms with E-state index in [0.717, 1.165) is 0 Å². The summed E-state index contributed by atoms with van der Waals surface area (Å²) in [5.41, 5.74) is 0.669. The van der Waals surface area contributed by atoms with Crippen molar-refractivity contribution in [3.05, 3.63) is 47.0 Å². The topological polar surface area (TPSA) is 77.2 Å². The lowest BCUT2D eigenvalue weighted by atomic mass is 10.1. The van der Waals surface area contributed by atoms with E-state index in [-0.39, 0.29) is 12.4 Å². The molecule has 0 unspecified atom stereocenters. The lowest BCUT2D eigenvalue weighted by molar-refractivity contribution is 0.0585. The third-order valence-electron chi connectivity index (χ3n) is 2.50. The Morgan fingerprint density at radius 3 is 3.05 bits per heavy atom. The first kappa shape index (κ1) is 13.5. The van der Waals surface area contributed by atoms with Gasteiger partial charge in [0.2, 0.25) is 0 Å². The van der Waals surface area contributed by atoms with Crippen molar-refractivity contribution in [1.82, 2.24) is 14.8 Å². The number of carbonyl (C=O) groups excluding carboxylic acids is 1. The number of carbonyl (C=O) groups is 1. The molecule has 1 aromatic carbocycles. The van der Waals surface area contributed by atoms with Gasteiger partial charge in [0.15, 0.2) is 0 Å². The second-order valence-corrected chi connectivity index (χ2v) is 4.29. The van der Waals surface area contributed by atoms with Gasteiger partial charge in [-0.2, -0.15) is 0 Å². The van der Waals surface area contributed by atoms with E-state index in [9.17, 15) is 9.90 Å². The van der Waals surface area contributed by atoms with Crippen LogP contribution >= 0.6 is 11.6 Å². The number of hydrogen-bond donors (Lipinski definition) is 1.